The van der Waals surface area contributed by atoms with Crippen molar-refractivity contribution in [2.45, 2.75) is 25.4 Å². The fraction of sp³-hybridized carbons (Fsp3) is 0.500. The minimum Gasteiger partial charge on any atom is -0.479 e. The standard InChI is InChI=1S/C16H21N3O4/c1-18-11-14(15(17-18)21-2)16(20)19(10-13-4-3-7-23-13)12-5-8-22-9-6-12/h3-4,7,11-12H,5-6,8-10H2,1-2H3. The molecule has 7 nitrogen and oxygen atoms in total. The highest BCUT2D eigenvalue weighted by Crippen LogP contribution is 2.24. The number of amides is 1. The Labute approximate surface area is 134 Å². The molecule has 2 aromatic rings. The average molecular weight is 319 g/mol. The highest BCUT2D eigenvalue weighted by atomic mass is 16.5. The van der Waals surface area contributed by atoms with Crippen LogP contribution in [-0.4, -0.2) is 47.0 Å². The first kappa shape index (κ1) is 15.6. The minimum absolute atomic E-state index is 0.0988. The van der Waals surface area contributed by atoms with Gasteiger partial charge in [-0.25, -0.2) is 0 Å². The van der Waals surface area contributed by atoms with Crippen molar-refractivity contribution >= 4 is 5.91 Å². The van der Waals surface area contributed by atoms with E-state index in [1.165, 1.54) is 7.11 Å². The zero-order valence-corrected chi connectivity index (χ0v) is 13.4. The molecule has 7 heteroatoms. The quantitative estimate of drug-likeness (QED) is 0.841. The van der Waals surface area contributed by atoms with E-state index in [-0.39, 0.29) is 11.9 Å². The van der Waals surface area contributed by atoms with Gasteiger partial charge in [0.15, 0.2) is 0 Å². The van der Waals surface area contributed by atoms with Crippen molar-refractivity contribution in [1.82, 2.24) is 14.7 Å². The van der Waals surface area contributed by atoms with Crippen LogP contribution in [-0.2, 0) is 18.3 Å². The summed E-state index contributed by atoms with van der Waals surface area (Å²) in [7, 11) is 3.29. The lowest BCUT2D eigenvalue weighted by Gasteiger charge is -2.33. The van der Waals surface area contributed by atoms with Crippen LogP contribution in [0.1, 0.15) is 29.0 Å². The Kier molecular flexibility index (Phi) is 4.66. The van der Waals surface area contributed by atoms with Gasteiger partial charge in [0.25, 0.3) is 5.91 Å². The summed E-state index contributed by atoms with van der Waals surface area (Å²) in [6, 6.07) is 3.82. The predicted octanol–water partition coefficient (Wildman–Crippen LogP) is 1.84. The number of hydrogen-bond acceptors (Lipinski definition) is 5. The van der Waals surface area contributed by atoms with E-state index in [1.54, 1.807) is 24.2 Å². The summed E-state index contributed by atoms with van der Waals surface area (Å²) in [5.74, 6) is 1.000. The largest absolute Gasteiger partial charge is 0.479 e. The number of carbonyl (C=O) groups excluding carboxylic acids is 1. The van der Waals surface area contributed by atoms with Gasteiger partial charge in [0.05, 0.1) is 19.9 Å². The monoisotopic (exact) mass is 319 g/mol. The zero-order chi connectivity index (χ0) is 16.2. The molecule has 0 bridgehead atoms. The number of ether oxygens (including phenoxy) is 2. The molecule has 1 amide bonds. The zero-order valence-electron chi connectivity index (χ0n) is 13.4. The molecule has 124 valence electrons. The van der Waals surface area contributed by atoms with Gasteiger partial charge in [0, 0.05) is 32.5 Å². The van der Waals surface area contributed by atoms with Crippen molar-refractivity contribution in [3.63, 3.8) is 0 Å². The van der Waals surface area contributed by atoms with E-state index in [2.05, 4.69) is 5.10 Å². The lowest BCUT2D eigenvalue weighted by molar-refractivity contribution is 0.0248. The maximum absolute atomic E-state index is 13.1. The Morgan fingerprint density at radius 1 is 1.48 bits per heavy atom. The maximum atomic E-state index is 13.1. The number of aryl methyl sites for hydroxylation is 1. The van der Waals surface area contributed by atoms with E-state index >= 15 is 0 Å². The minimum atomic E-state index is -0.0988. The molecule has 0 atom stereocenters. The summed E-state index contributed by atoms with van der Waals surface area (Å²) in [5.41, 5.74) is 0.466. The molecule has 3 rings (SSSR count). The third-order valence-electron chi connectivity index (χ3n) is 4.02. The molecule has 0 radical (unpaired) electrons. The van der Waals surface area contributed by atoms with Crippen molar-refractivity contribution < 1.29 is 18.7 Å². The van der Waals surface area contributed by atoms with Crippen molar-refractivity contribution in [2.24, 2.45) is 7.05 Å². The summed E-state index contributed by atoms with van der Waals surface area (Å²) < 4.78 is 17.7. The second-order valence-electron chi connectivity index (χ2n) is 5.58. The molecule has 1 aliphatic rings. The highest BCUT2D eigenvalue weighted by molar-refractivity contribution is 5.96. The second-order valence-corrected chi connectivity index (χ2v) is 5.58. The molecule has 3 heterocycles. The molecule has 2 aromatic heterocycles. The van der Waals surface area contributed by atoms with Crippen LogP contribution in [0.4, 0.5) is 0 Å². The van der Waals surface area contributed by atoms with E-state index in [4.69, 9.17) is 13.9 Å². The van der Waals surface area contributed by atoms with E-state index in [1.807, 2.05) is 17.0 Å². The van der Waals surface area contributed by atoms with Crippen LogP contribution >= 0.6 is 0 Å². The molecule has 0 saturated carbocycles. The molecule has 0 spiro atoms. The molecule has 1 saturated heterocycles. The summed E-state index contributed by atoms with van der Waals surface area (Å²) in [6.45, 7) is 1.75. The van der Waals surface area contributed by atoms with Crippen LogP contribution in [0.25, 0.3) is 0 Å². The molecule has 1 fully saturated rings. The van der Waals surface area contributed by atoms with Gasteiger partial charge < -0.3 is 18.8 Å². The predicted molar refractivity (Wildman–Crippen MR) is 82.2 cm³/mol. The van der Waals surface area contributed by atoms with E-state index in [9.17, 15) is 4.79 Å². The number of furan rings is 1. The van der Waals surface area contributed by atoms with Gasteiger partial charge in [-0.3, -0.25) is 9.48 Å². The van der Waals surface area contributed by atoms with Crippen LogP contribution in [0, 0.1) is 0 Å². The molecule has 0 aliphatic carbocycles. The Balaban J connectivity index is 1.87. The van der Waals surface area contributed by atoms with Crippen LogP contribution in [0.3, 0.4) is 0 Å². The summed E-state index contributed by atoms with van der Waals surface area (Å²) in [6.07, 6.45) is 4.94. The van der Waals surface area contributed by atoms with Crippen LogP contribution in [0.5, 0.6) is 5.88 Å². The van der Waals surface area contributed by atoms with Gasteiger partial charge in [-0.15, -0.1) is 5.10 Å². The van der Waals surface area contributed by atoms with Crippen molar-refractivity contribution in [2.75, 3.05) is 20.3 Å². The Hall–Kier alpha value is -2.28. The Bertz CT molecular complexity index is 644. The third kappa shape index (κ3) is 3.39. The number of hydrogen-bond donors (Lipinski definition) is 0. The first-order valence-corrected chi connectivity index (χ1v) is 7.67. The second kappa shape index (κ2) is 6.87. The molecule has 0 N–H and O–H groups in total. The van der Waals surface area contributed by atoms with Crippen LogP contribution in [0.2, 0.25) is 0 Å². The van der Waals surface area contributed by atoms with Gasteiger partial charge in [0.2, 0.25) is 5.88 Å². The molecular weight excluding hydrogens is 298 g/mol. The topological polar surface area (TPSA) is 69.7 Å². The van der Waals surface area contributed by atoms with E-state index in [0.717, 1.165) is 18.6 Å². The fourth-order valence-electron chi connectivity index (χ4n) is 2.85. The lowest BCUT2D eigenvalue weighted by Crippen LogP contribution is -2.43. The van der Waals surface area contributed by atoms with Crippen molar-refractivity contribution in [3.8, 4) is 5.88 Å². The number of rotatable bonds is 5. The number of nitrogens with zero attached hydrogens (tertiary/aromatic N) is 3. The molecule has 0 aromatic carbocycles. The molecule has 1 aliphatic heterocycles. The first-order chi connectivity index (χ1) is 11.2. The van der Waals surface area contributed by atoms with Crippen LogP contribution in [0.15, 0.2) is 29.0 Å². The molecule has 0 unspecified atom stereocenters. The number of aromatic nitrogens is 2. The summed E-state index contributed by atoms with van der Waals surface area (Å²) in [4.78, 5) is 14.9. The fourth-order valence-corrected chi connectivity index (χ4v) is 2.85. The summed E-state index contributed by atoms with van der Waals surface area (Å²) in [5, 5.41) is 4.17. The van der Waals surface area contributed by atoms with Crippen molar-refractivity contribution in [3.05, 3.63) is 35.9 Å². The normalized spacial score (nSPS) is 15.6. The SMILES string of the molecule is COc1nn(C)cc1C(=O)N(Cc1ccco1)C1CCOCC1. The molecule has 23 heavy (non-hydrogen) atoms. The maximum Gasteiger partial charge on any atom is 0.261 e. The lowest BCUT2D eigenvalue weighted by atomic mass is 10.1. The van der Waals surface area contributed by atoms with Gasteiger partial charge >= 0.3 is 0 Å². The number of carbonyl (C=O) groups is 1. The van der Waals surface area contributed by atoms with Gasteiger partial charge in [-0.1, -0.05) is 0 Å². The Morgan fingerprint density at radius 3 is 2.91 bits per heavy atom. The van der Waals surface area contributed by atoms with Gasteiger partial charge in [0.1, 0.15) is 11.3 Å². The third-order valence-corrected chi connectivity index (χ3v) is 4.02. The van der Waals surface area contributed by atoms with Crippen molar-refractivity contribution in [1.29, 1.82) is 0 Å². The highest BCUT2D eigenvalue weighted by Gasteiger charge is 2.30. The molecular formula is C16H21N3O4. The number of methoxy groups -OCH3 is 1. The van der Waals surface area contributed by atoms with Gasteiger partial charge in [-0.05, 0) is 25.0 Å². The summed E-state index contributed by atoms with van der Waals surface area (Å²) >= 11 is 0. The average Bonchev–Trinajstić information content (AvgIpc) is 3.22. The first-order valence-electron chi connectivity index (χ1n) is 7.67. The van der Waals surface area contributed by atoms with Crippen LogP contribution < -0.4 is 4.74 Å². The van der Waals surface area contributed by atoms with E-state index in [0.29, 0.717) is 31.2 Å². The van der Waals surface area contributed by atoms with E-state index < -0.39 is 0 Å². The smallest absolute Gasteiger partial charge is 0.261 e. The Morgan fingerprint density at radius 2 is 2.26 bits per heavy atom. The van der Waals surface area contributed by atoms with Gasteiger partial charge in [-0.2, -0.15) is 0 Å².